The maximum Gasteiger partial charge on any atom is 0.242 e. The summed E-state index contributed by atoms with van der Waals surface area (Å²) in [4.78, 5) is 4.08. The van der Waals surface area contributed by atoms with Crippen molar-refractivity contribution < 1.29 is 4.74 Å². The second kappa shape index (κ2) is 3.41. The second-order valence-corrected chi connectivity index (χ2v) is 3.21. The zero-order valence-electron chi connectivity index (χ0n) is 6.59. The number of ether oxygens (including phenoxy) is 1. The van der Waals surface area contributed by atoms with Crippen LogP contribution in [0.5, 0.6) is 0 Å². The summed E-state index contributed by atoms with van der Waals surface area (Å²) in [6.07, 6.45) is 2.01. The van der Waals surface area contributed by atoms with Crippen molar-refractivity contribution in [1.29, 1.82) is 0 Å². The molecule has 5 heteroatoms. The van der Waals surface area contributed by atoms with E-state index in [4.69, 9.17) is 16.3 Å². The molecule has 1 aromatic rings. The molecule has 0 spiro atoms. The maximum absolute atomic E-state index is 5.59. The first-order valence-electron chi connectivity index (χ1n) is 4.02. The van der Waals surface area contributed by atoms with Crippen LogP contribution in [0.15, 0.2) is 0 Å². The number of hydrogen-bond acceptors (Lipinski definition) is 3. The normalized spacial score (nSPS) is 19.8. The number of nitrogens with one attached hydrogen (secondary N) is 1. The van der Waals surface area contributed by atoms with Crippen molar-refractivity contribution in [2.45, 2.75) is 18.8 Å². The number of aromatic amines is 1. The molecule has 2 heterocycles. The molecule has 0 saturated carbocycles. The minimum absolute atomic E-state index is 0.302. The van der Waals surface area contributed by atoms with Crippen molar-refractivity contribution >= 4 is 11.6 Å². The largest absolute Gasteiger partial charge is 0.381 e. The van der Waals surface area contributed by atoms with E-state index in [0.717, 1.165) is 31.9 Å². The number of nitrogens with zero attached hydrogens (tertiary/aromatic N) is 2. The van der Waals surface area contributed by atoms with Crippen molar-refractivity contribution in [3.05, 3.63) is 11.1 Å². The highest BCUT2D eigenvalue weighted by Gasteiger charge is 2.18. The molecule has 1 aliphatic rings. The van der Waals surface area contributed by atoms with Crippen molar-refractivity contribution in [2.75, 3.05) is 13.2 Å². The first-order chi connectivity index (χ1) is 5.86. The van der Waals surface area contributed by atoms with Crippen molar-refractivity contribution in [3.8, 4) is 0 Å². The third kappa shape index (κ3) is 1.59. The molecule has 12 heavy (non-hydrogen) atoms. The van der Waals surface area contributed by atoms with E-state index >= 15 is 0 Å². The predicted octanol–water partition coefficient (Wildman–Crippen LogP) is 1.35. The van der Waals surface area contributed by atoms with Gasteiger partial charge in [-0.2, -0.15) is 0 Å². The minimum Gasteiger partial charge on any atom is -0.381 e. The zero-order chi connectivity index (χ0) is 8.39. The highest BCUT2D eigenvalue weighted by Crippen LogP contribution is 2.24. The van der Waals surface area contributed by atoms with Crippen LogP contribution in [0.25, 0.3) is 0 Å². The van der Waals surface area contributed by atoms with Gasteiger partial charge in [0.05, 0.1) is 0 Å². The topological polar surface area (TPSA) is 50.8 Å². The third-order valence-electron chi connectivity index (χ3n) is 2.08. The molecule has 0 atom stereocenters. The van der Waals surface area contributed by atoms with Crippen LogP contribution in [0, 0.1) is 0 Å². The van der Waals surface area contributed by atoms with E-state index in [-0.39, 0.29) is 0 Å². The summed E-state index contributed by atoms with van der Waals surface area (Å²) in [6.45, 7) is 1.62. The lowest BCUT2D eigenvalue weighted by atomic mass is 10.00. The minimum atomic E-state index is 0.302. The lowest BCUT2D eigenvalue weighted by Gasteiger charge is -2.19. The molecule has 1 saturated heterocycles. The van der Waals surface area contributed by atoms with Crippen molar-refractivity contribution in [3.63, 3.8) is 0 Å². The van der Waals surface area contributed by atoms with Gasteiger partial charge in [-0.15, -0.1) is 5.10 Å². The molecule has 4 nitrogen and oxygen atoms in total. The Bertz CT molecular complexity index is 257. The Hall–Kier alpha value is -0.610. The van der Waals surface area contributed by atoms with Crippen LogP contribution in [-0.2, 0) is 4.74 Å². The van der Waals surface area contributed by atoms with Crippen LogP contribution >= 0.6 is 11.6 Å². The standard InChI is InChI=1S/C7H10ClN3O/c8-7-9-6(10-11-7)5-1-3-12-4-2-5/h5H,1-4H2,(H,9,10,11). The molecule has 1 fully saturated rings. The Morgan fingerprint density at radius 1 is 1.42 bits per heavy atom. The SMILES string of the molecule is Clc1n[nH]c(C2CCOCC2)n1. The summed E-state index contributed by atoms with van der Waals surface area (Å²) in [5.41, 5.74) is 0. The van der Waals surface area contributed by atoms with E-state index < -0.39 is 0 Å². The van der Waals surface area contributed by atoms with Gasteiger partial charge >= 0.3 is 0 Å². The van der Waals surface area contributed by atoms with Gasteiger partial charge in [0.2, 0.25) is 5.28 Å². The Balaban J connectivity index is 2.08. The Kier molecular flexibility index (Phi) is 2.28. The highest BCUT2D eigenvalue weighted by atomic mass is 35.5. The monoisotopic (exact) mass is 187 g/mol. The van der Waals surface area contributed by atoms with Gasteiger partial charge in [0, 0.05) is 19.1 Å². The predicted molar refractivity (Wildman–Crippen MR) is 44.2 cm³/mol. The molecule has 0 amide bonds. The molecule has 66 valence electrons. The van der Waals surface area contributed by atoms with Gasteiger partial charge in [0.15, 0.2) is 0 Å². The lowest BCUT2D eigenvalue weighted by molar-refractivity contribution is 0.0836. The molecule has 2 rings (SSSR count). The van der Waals surface area contributed by atoms with Crippen LogP contribution in [0.2, 0.25) is 5.28 Å². The lowest BCUT2D eigenvalue weighted by Crippen LogP contribution is -2.15. The van der Waals surface area contributed by atoms with E-state index in [9.17, 15) is 0 Å². The zero-order valence-corrected chi connectivity index (χ0v) is 7.34. The molecule has 1 N–H and O–H groups in total. The smallest absolute Gasteiger partial charge is 0.242 e. The van der Waals surface area contributed by atoms with Gasteiger partial charge in [0.25, 0.3) is 0 Å². The van der Waals surface area contributed by atoms with E-state index in [1.807, 2.05) is 0 Å². The van der Waals surface area contributed by atoms with Gasteiger partial charge < -0.3 is 4.74 Å². The molecular formula is C7H10ClN3O. The average Bonchev–Trinajstić information content (AvgIpc) is 2.54. The first kappa shape index (κ1) is 8.01. The van der Waals surface area contributed by atoms with Gasteiger partial charge in [-0.1, -0.05) is 0 Å². The summed E-state index contributed by atoms with van der Waals surface area (Å²) in [5.74, 6) is 1.34. The number of H-pyrrole nitrogens is 1. The average molecular weight is 188 g/mol. The van der Waals surface area contributed by atoms with E-state index in [1.165, 1.54) is 0 Å². The molecule has 0 aromatic carbocycles. The fourth-order valence-corrected chi connectivity index (χ4v) is 1.54. The molecule has 1 aliphatic heterocycles. The van der Waals surface area contributed by atoms with Crippen LogP contribution in [0.4, 0.5) is 0 Å². The van der Waals surface area contributed by atoms with E-state index in [1.54, 1.807) is 0 Å². The van der Waals surface area contributed by atoms with Crippen molar-refractivity contribution in [2.24, 2.45) is 0 Å². The quantitative estimate of drug-likeness (QED) is 0.722. The van der Waals surface area contributed by atoms with E-state index in [0.29, 0.717) is 11.2 Å². The van der Waals surface area contributed by atoms with Crippen LogP contribution in [0.1, 0.15) is 24.6 Å². The number of halogens is 1. The number of hydrogen-bond donors (Lipinski definition) is 1. The van der Waals surface area contributed by atoms with Crippen LogP contribution in [0.3, 0.4) is 0 Å². The highest BCUT2D eigenvalue weighted by molar-refractivity contribution is 6.28. The summed E-state index contributed by atoms with van der Waals surface area (Å²) < 4.78 is 5.23. The second-order valence-electron chi connectivity index (χ2n) is 2.88. The van der Waals surface area contributed by atoms with Crippen LogP contribution in [-0.4, -0.2) is 28.4 Å². The molecule has 0 unspecified atom stereocenters. The maximum atomic E-state index is 5.59. The molecular weight excluding hydrogens is 178 g/mol. The number of aromatic nitrogens is 3. The van der Waals surface area contributed by atoms with Gasteiger partial charge in [-0.05, 0) is 24.4 Å². The molecule has 0 radical (unpaired) electrons. The van der Waals surface area contributed by atoms with Gasteiger partial charge in [-0.25, -0.2) is 4.98 Å². The molecule has 1 aromatic heterocycles. The Morgan fingerprint density at radius 3 is 2.75 bits per heavy atom. The summed E-state index contributed by atoms with van der Waals surface area (Å²) in [7, 11) is 0. The van der Waals surface area contributed by atoms with Gasteiger partial charge in [-0.3, -0.25) is 5.10 Å². The van der Waals surface area contributed by atoms with Gasteiger partial charge in [0.1, 0.15) is 5.82 Å². The Labute approximate surface area is 75.3 Å². The third-order valence-corrected chi connectivity index (χ3v) is 2.25. The molecule has 0 bridgehead atoms. The van der Waals surface area contributed by atoms with Crippen LogP contribution < -0.4 is 0 Å². The van der Waals surface area contributed by atoms with Crippen molar-refractivity contribution in [1.82, 2.24) is 15.2 Å². The first-order valence-corrected chi connectivity index (χ1v) is 4.39. The van der Waals surface area contributed by atoms with E-state index in [2.05, 4.69) is 15.2 Å². The molecule has 0 aliphatic carbocycles. The summed E-state index contributed by atoms with van der Waals surface area (Å²) in [5, 5.41) is 6.91. The fourth-order valence-electron chi connectivity index (χ4n) is 1.41. The summed E-state index contributed by atoms with van der Waals surface area (Å²) in [6, 6.07) is 0. The summed E-state index contributed by atoms with van der Waals surface area (Å²) >= 11 is 5.59. The Morgan fingerprint density at radius 2 is 2.17 bits per heavy atom. The number of rotatable bonds is 1. The fraction of sp³-hybridized carbons (Fsp3) is 0.714.